The summed E-state index contributed by atoms with van der Waals surface area (Å²) in [5.74, 6) is 6.87. The Kier molecular flexibility index (Phi) is 1.37. The van der Waals surface area contributed by atoms with E-state index >= 15 is 0 Å². The number of guanidine groups is 1. The maximum absolute atomic E-state index is 7.67. The first kappa shape index (κ1) is 5.19. The molecule has 2 radical (unpaired) electrons. The molecule has 0 amide bonds. The van der Waals surface area contributed by atoms with E-state index < -0.39 is 11.1 Å². The molecular weight excluding hydrogens is 84.0 g/mol. The molecule has 0 aromatic heterocycles. The van der Waals surface area contributed by atoms with Crippen molar-refractivity contribution in [3.63, 3.8) is 0 Å². The van der Waals surface area contributed by atoms with Gasteiger partial charge in [0.05, 0.1) is 0 Å². The van der Waals surface area contributed by atoms with Crippen molar-refractivity contribution in [1.29, 1.82) is 5.41 Å². The number of hydrogen-bond acceptors (Lipinski definition) is 2. The van der Waals surface area contributed by atoms with Crippen molar-refractivity contribution in [2.24, 2.45) is 5.73 Å². The van der Waals surface area contributed by atoms with E-state index in [0.717, 1.165) is 0 Å². The molecular formula is CH4N4O. The molecule has 0 fully saturated rings. The van der Waals surface area contributed by atoms with Crippen LogP contribution in [0.15, 0.2) is 0 Å². The number of hydrogen-bond donors (Lipinski definition) is 3. The molecule has 0 aromatic rings. The molecule has 0 aliphatic rings. The summed E-state index contributed by atoms with van der Waals surface area (Å²) in [6.45, 7) is 0. The average molecular weight is 88.1 g/mol. The van der Waals surface area contributed by atoms with Crippen molar-refractivity contribution in [2.45, 2.75) is 0 Å². The van der Waals surface area contributed by atoms with Crippen LogP contribution in [0.1, 0.15) is 0 Å². The van der Waals surface area contributed by atoms with Crippen molar-refractivity contribution in [3.05, 3.63) is 0 Å². The van der Waals surface area contributed by atoms with Crippen LogP contribution in [0, 0.1) is 5.41 Å². The third-order valence-electron chi connectivity index (χ3n) is 0.215. The molecule has 0 bridgehead atoms. The fraction of sp³-hybridized carbons (Fsp3) is 0. The monoisotopic (exact) mass is 88.0 g/mol. The zero-order valence-electron chi connectivity index (χ0n) is 2.92. The zero-order chi connectivity index (χ0) is 5.15. The largest absolute Gasteiger partial charge is 0.367 e. The van der Waals surface area contributed by atoms with E-state index in [1.165, 1.54) is 0 Å². The lowest BCUT2D eigenvalue weighted by molar-refractivity contribution is -0.0278. The van der Waals surface area contributed by atoms with E-state index in [1.807, 2.05) is 0 Å². The second-order valence-corrected chi connectivity index (χ2v) is 0.675. The summed E-state index contributed by atoms with van der Waals surface area (Å²) in [4.78, 5) is 0. The van der Waals surface area contributed by atoms with Crippen LogP contribution >= 0.6 is 0 Å². The van der Waals surface area contributed by atoms with E-state index in [2.05, 4.69) is 5.73 Å². The van der Waals surface area contributed by atoms with Gasteiger partial charge in [-0.3, -0.25) is 10.6 Å². The van der Waals surface area contributed by atoms with Crippen LogP contribution < -0.4 is 11.6 Å². The molecule has 0 atom stereocenters. The highest BCUT2D eigenvalue weighted by Gasteiger charge is 1.90. The second kappa shape index (κ2) is 1.58. The Morgan fingerprint density at radius 1 is 2.00 bits per heavy atom. The zero-order valence-corrected chi connectivity index (χ0v) is 2.92. The van der Waals surface area contributed by atoms with E-state index in [1.54, 1.807) is 0 Å². The molecule has 5 nitrogen and oxygen atoms in total. The molecule has 0 rings (SSSR count). The molecule has 0 aliphatic heterocycles. The Morgan fingerprint density at radius 3 is 2.17 bits per heavy atom. The summed E-state index contributed by atoms with van der Waals surface area (Å²) < 4.78 is 0. The smallest absolute Gasteiger partial charge is 0.232 e. The molecule has 0 aromatic carbocycles. The fourth-order valence-electron chi connectivity index (χ4n) is 0. The predicted molar refractivity (Wildman–Crippen MR) is 17.7 cm³/mol. The fourth-order valence-corrected chi connectivity index (χ4v) is 0. The van der Waals surface area contributed by atoms with Crippen molar-refractivity contribution < 1.29 is 5.21 Å². The maximum Gasteiger partial charge on any atom is 0.232 e. The maximum atomic E-state index is 7.67. The van der Waals surface area contributed by atoms with Crippen LogP contribution in [-0.4, -0.2) is 16.3 Å². The van der Waals surface area contributed by atoms with Gasteiger partial charge in [0.15, 0.2) is 0 Å². The van der Waals surface area contributed by atoms with Crippen LogP contribution in [0.2, 0.25) is 0 Å². The highest BCUT2D eigenvalue weighted by molar-refractivity contribution is 5.72. The Morgan fingerprint density at radius 2 is 2.17 bits per heavy atom. The van der Waals surface area contributed by atoms with Gasteiger partial charge in [-0.05, 0) is 0 Å². The number of nitrogens with zero attached hydrogens (tertiary/aromatic N) is 2. The quantitative estimate of drug-likeness (QED) is 0.192. The van der Waals surface area contributed by atoms with Gasteiger partial charge in [-0.15, -0.1) is 5.17 Å². The molecule has 0 aliphatic carbocycles. The molecule has 0 heterocycles. The second-order valence-electron chi connectivity index (χ2n) is 0.675. The van der Waals surface area contributed by atoms with Gasteiger partial charge in [0.2, 0.25) is 5.96 Å². The first-order chi connectivity index (χ1) is 2.64. The predicted octanol–water partition coefficient (Wildman–Crippen LogP) is -1.45. The van der Waals surface area contributed by atoms with Crippen molar-refractivity contribution >= 4 is 5.96 Å². The topological polar surface area (TPSA) is 95.6 Å². The SMILES string of the molecule is [N]N(O)C(=N)N. The van der Waals surface area contributed by atoms with Gasteiger partial charge in [0.1, 0.15) is 0 Å². The van der Waals surface area contributed by atoms with E-state index in [9.17, 15) is 0 Å². The minimum Gasteiger partial charge on any atom is -0.367 e. The lowest BCUT2D eigenvalue weighted by atomic mass is 11.1. The van der Waals surface area contributed by atoms with E-state index in [4.69, 9.17) is 16.5 Å². The van der Waals surface area contributed by atoms with Crippen LogP contribution in [0.4, 0.5) is 0 Å². The molecule has 6 heavy (non-hydrogen) atoms. The lowest BCUT2D eigenvalue weighted by Gasteiger charge is -1.97. The Bertz CT molecular complexity index is 58.6. The van der Waals surface area contributed by atoms with Crippen molar-refractivity contribution in [2.75, 3.05) is 0 Å². The Labute approximate surface area is 34.6 Å². The van der Waals surface area contributed by atoms with Gasteiger partial charge in [-0.1, -0.05) is 0 Å². The minimum atomic E-state index is -0.796. The molecule has 0 unspecified atom stereocenters. The van der Waals surface area contributed by atoms with Gasteiger partial charge in [0.25, 0.3) is 0 Å². The molecule has 34 valence electrons. The highest BCUT2D eigenvalue weighted by Crippen LogP contribution is 1.58. The van der Waals surface area contributed by atoms with Crippen LogP contribution in [0.25, 0.3) is 0 Å². The highest BCUT2D eigenvalue weighted by atomic mass is 16.5. The Hall–Kier alpha value is -0.810. The average Bonchev–Trinajstić information content (AvgIpc) is 1.36. The van der Waals surface area contributed by atoms with Crippen LogP contribution in [0.5, 0.6) is 0 Å². The normalized spacial score (nSPS) is 7.67. The van der Waals surface area contributed by atoms with Gasteiger partial charge < -0.3 is 5.73 Å². The summed E-state index contributed by atoms with van der Waals surface area (Å²) >= 11 is 0. The van der Waals surface area contributed by atoms with Gasteiger partial charge in [-0.2, -0.15) is 0 Å². The first-order valence-corrected chi connectivity index (χ1v) is 1.16. The molecule has 0 saturated carbocycles. The molecule has 4 N–H and O–H groups in total. The third kappa shape index (κ3) is 1.50. The molecule has 0 saturated heterocycles. The number of nitrogens with one attached hydrogen (secondary N) is 1. The number of nitrogens with two attached hydrogens (primary N) is 1. The summed E-state index contributed by atoms with van der Waals surface area (Å²) in [5, 5.41) is 13.3. The van der Waals surface area contributed by atoms with Crippen molar-refractivity contribution in [3.8, 4) is 0 Å². The summed E-state index contributed by atoms with van der Waals surface area (Å²) in [5.41, 5.74) is 4.44. The van der Waals surface area contributed by atoms with Gasteiger partial charge in [0, 0.05) is 5.84 Å². The standard InChI is InChI=1S/CH4N4O/c2-1(3)5(4)6/h6H,(H3,2,3). The summed E-state index contributed by atoms with van der Waals surface area (Å²) in [7, 11) is 0. The van der Waals surface area contributed by atoms with E-state index in [-0.39, 0.29) is 0 Å². The molecule has 5 heteroatoms. The van der Waals surface area contributed by atoms with Gasteiger partial charge in [-0.25, -0.2) is 0 Å². The minimum absolute atomic E-state index is 0.472. The third-order valence-corrected chi connectivity index (χ3v) is 0.215. The van der Waals surface area contributed by atoms with Crippen molar-refractivity contribution in [1.82, 2.24) is 11.0 Å². The molecule has 0 spiro atoms. The van der Waals surface area contributed by atoms with Crippen LogP contribution in [-0.2, 0) is 0 Å². The summed E-state index contributed by atoms with van der Waals surface area (Å²) in [6, 6.07) is 0. The number of rotatable bonds is 0. The Balaban J connectivity index is 3.26. The van der Waals surface area contributed by atoms with Gasteiger partial charge >= 0.3 is 0 Å². The summed E-state index contributed by atoms with van der Waals surface area (Å²) in [6.07, 6.45) is 0. The van der Waals surface area contributed by atoms with E-state index in [0.29, 0.717) is 0 Å². The lowest BCUT2D eigenvalue weighted by Crippen LogP contribution is -2.31. The first-order valence-electron chi connectivity index (χ1n) is 1.16. The van der Waals surface area contributed by atoms with Crippen LogP contribution in [0.3, 0.4) is 0 Å². The number of hydroxylamine groups is 1.